The Morgan fingerprint density at radius 1 is 1.03 bits per heavy atom. The first-order chi connectivity index (χ1) is 17.7. The fourth-order valence-corrected chi connectivity index (χ4v) is 6.53. The number of hydrogen-bond donors (Lipinski definition) is 5. The van der Waals surface area contributed by atoms with Crippen molar-refractivity contribution in [3.8, 4) is 5.75 Å². The Labute approximate surface area is 222 Å². The fourth-order valence-electron chi connectivity index (χ4n) is 6.33. The number of ether oxygens (including phenoxy) is 1. The lowest BCUT2D eigenvalue weighted by Crippen LogP contribution is -2.53. The Hall–Kier alpha value is -2.52. The number of nitrogens with two attached hydrogens (primary N) is 1. The van der Waals surface area contributed by atoms with Crippen molar-refractivity contribution in [2.24, 2.45) is 17.1 Å². The number of carbonyl (C=O) groups excluding carboxylic acids is 1. The van der Waals surface area contributed by atoms with Gasteiger partial charge in [0, 0.05) is 5.56 Å². The second-order valence-corrected chi connectivity index (χ2v) is 11.5. The van der Waals surface area contributed by atoms with E-state index in [1.165, 1.54) is 6.42 Å². The number of carboxylic acid groups (broad SMARTS) is 2. The van der Waals surface area contributed by atoms with Crippen LogP contribution in [-0.4, -0.2) is 40.8 Å². The molecule has 1 heterocycles. The molecule has 3 saturated carbocycles. The van der Waals surface area contributed by atoms with Gasteiger partial charge in [-0.3, -0.25) is 9.59 Å². The number of aliphatic carboxylic acids is 2. The van der Waals surface area contributed by atoms with Gasteiger partial charge in [-0.15, -0.1) is 0 Å². The van der Waals surface area contributed by atoms with E-state index in [9.17, 15) is 14.4 Å². The SMILES string of the molecule is NCC1(CC(=O)O)CCCCC1.O=C1Nc2c(Cl)ccc(OC3CC(C(=O)O)C3)c2C2(CCCCC2)N1. The van der Waals surface area contributed by atoms with Gasteiger partial charge >= 0.3 is 18.0 Å². The summed E-state index contributed by atoms with van der Waals surface area (Å²) in [4.78, 5) is 33.8. The average molecular weight is 536 g/mol. The molecule has 0 unspecified atom stereocenters. The van der Waals surface area contributed by atoms with Gasteiger partial charge in [0.2, 0.25) is 0 Å². The van der Waals surface area contributed by atoms with E-state index in [2.05, 4.69) is 10.6 Å². The molecule has 1 spiro atoms. The van der Waals surface area contributed by atoms with Gasteiger partial charge in [0.1, 0.15) is 11.9 Å². The molecule has 4 aliphatic rings. The van der Waals surface area contributed by atoms with Gasteiger partial charge in [-0.05, 0) is 62.6 Å². The molecule has 2 amide bonds. The summed E-state index contributed by atoms with van der Waals surface area (Å²) in [5, 5.41) is 24.2. The van der Waals surface area contributed by atoms with Crippen molar-refractivity contribution in [3.05, 3.63) is 22.7 Å². The van der Waals surface area contributed by atoms with E-state index in [0.29, 0.717) is 35.8 Å². The van der Waals surface area contributed by atoms with Crippen LogP contribution in [-0.2, 0) is 15.1 Å². The number of amides is 2. The number of halogens is 1. The zero-order chi connectivity index (χ0) is 26.6. The minimum absolute atomic E-state index is 0.0793. The quantitative estimate of drug-likeness (QED) is 0.334. The van der Waals surface area contributed by atoms with Crippen LogP contribution in [0.5, 0.6) is 5.75 Å². The highest BCUT2D eigenvalue weighted by molar-refractivity contribution is 6.34. The third kappa shape index (κ3) is 6.14. The molecule has 3 aliphatic carbocycles. The highest BCUT2D eigenvalue weighted by Crippen LogP contribution is 2.50. The van der Waals surface area contributed by atoms with Gasteiger partial charge in [0.25, 0.3) is 0 Å². The minimum Gasteiger partial charge on any atom is -0.490 e. The molecule has 0 bridgehead atoms. The molecule has 0 radical (unpaired) electrons. The molecule has 1 aliphatic heterocycles. The maximum Gasteiger partial charge on any atom is 0.319 e. The first kappa shape index (κ1) is 27.5. The van der Waals surface area contributed by atoms with E-state index in [1.54, 1.807) is 6.07 Å². The first-order valence-electron chi connectivity index (χ1n) is 13.4. The molecule has 204 valence electrons. The summed E-state index contributed by atoms with van der Waals surface area (Å²) in [5.74, 6) is -1.10. The molecule has 1 aromatic rings. The second-order valence-electron chi connectivity index (χ2n) is 11.1. The molecular formula is C27H38ClN3O6. The molecule has 0 saturated heterocycles. The molecule has 0 aromatic heterocycles. The van der Waals surface area contributed by atoms with Gasteiger partial charge in [-0.2, -0.15) is 0 Å². The van der Waals surface area contributed by atoms with Crippen molar-refractivity contribution >= 4 is 35.3 Å². The summed E-state index contributed by atoms with van der Waals surface area (Å²) in [5.41, 5.74) is 6.63. The maximum atomic E-state index is 12.2. The van der Waals surface area contributed by atoms with Crippen LogP contribution in [0.4, 0.5) is 10.5 Å². The largest absolute Gasteiger partial charge is 0.490 e. The number of carbonyl (C=O) groups is 3. The molecule has 9 nitrogen and oxygen atoms in total. The standard InChI is InChI=1S/C18H21ClN2O4.C9H17NO2/c19-12-4-5-13(25-11-8-10(9-11)16(22)23)14-15(12)20-17(24)21-18(14)6-2-1-3-7-18;10-7-9(6-8(11)12)4-2-1-3-5-9/h4-5,10-11H,1-3,6-9H2,(H,22,23)(H2,20,21,24);1-7,10H2,(H,11,12). The van der Waals surface area contributed by atoms with Gasteiger partial charge in [0.15, 0.2) is 0 Å². The van der Waals surface area contributed by atoms with Crippen LogP contribution in [0.1, 0.15) is 89.0 Å². The summed E-state index contributed by atoms with van der Waals surface area (Å²) >= 11 is 6.36. The first-order valence-corrected chi connectivity index (χ1v) is 13.8. The van der Waals surface area contributed by atoms with Crippen LogP contribution in [0.15, 0.2) is 12.1 Å². The highest BCUT2D eigenvalue weighted by atomic mass is 35.5. The van der Waals surface area contributed by atoms with E-state index in [1.807, 2.05) is 6.07 Å². The number of hydrogen-bond acceptors (Lipinski definition) is 5. The van der Waals surface area contributed by atoms with E-state index in [4.69, 9.17) is 32.3 Å². The number of benzene rings is 1. The van der Waals surface area contributed by atoms with Gasteiger partial charge < -0.3 is 31.3 Å². The highest BCUT2D eigenvalue weighted by Gasteiger charge is 2.45. The van der Waals surface area contributed by atoms with Crippen LogP contribution < -0.4 is 21.1 Å². The Kier molecular flexibility index (Phi) is 8.53. The van der Waals surface area contributed by atoms with E-state index >= 15 is 0 Å². The number of anilines is 1. The lowest BCUT2D eigenvalue weighted by molar-refractivity contribution is -0.148. The van der Waals surface area contributed by atoms with Crippen molar-refractivity contribution in [2.45, 2.75) is 95.1 Å². The monoisotopic (exact) mass is 535 g/mol. The average Bonchev–Trinajstić information content (AvgIpc) is 2.83. The Bertz CT molecular complexity index is 1010. The molecule has 1 aromatic carbocycles. The van der Waals surface area contributed by atoms with Gasteiger partial charge in [-0.1, -0.05) is 50.1 Å². The number of fused-ring (bicyclic) bond motifs is 2. The summed E-state index contributed by atoms with van der Waals surface area (Å²) in [6.45, 7) is 0.527. The second kappa shape index (κ2) is 11.5. The van der Waals surface area contributed by atoms with Crippen LogP contribution in [0.3, 0.4) is 0 Å². The zero-order valence-electron chi connectivity index (χ0n) is 21.2. The third-order valence-electron chi connectivity index (χ3n) is 8.50. The maximum absolute atomic E-state index is 12.2. The molecule has 37 heavy (non-hydrogen) atoms. The van der Waals surface area contributed by atoms with E-state index in [-0.39, 0.29) is 29.9 Å². The number of nitrogens with one attached hydrogen (secondary N) is 2. The molecule has 6 N–H and O–H groups in total. The smallest absolute Gasteiger partial charge is 0.319 e. The predicted molar refractivity (Wildman–Crippen MR) is 140 cm³/mol. The number of urea groups is 1. The zero-order valence-corrected chi connectivity index (χ0v) is 21.9. The summed E-state index contributed by atoms with van der Waals surface area (Å²) in [6.07, 6.45) is 11.6. The summed E-state index contributed by atoms with van der Waals surface area (Å²) in [6, 6.07) is 3.33. The molecule has 5 rings (SSSR count). The minimum atomic E-state index is -0.768. The predicted octanol–water partition coefficient (Wildman–Crippen LogP) is 5.25. The summed E-state index contributed by atoms with van der Waals surface area (Å²) < 4.78 is 6.13. The number of rotatable bonds is 6. The van der Waals surface area contributed by atoms with Crippen molar-refractivity contribution in [2.75, 3.05) is 11.9 Å². The number of carboxylic acids is 2. The van der Waals surface area contributed by atoms with Crippen molar-refractivity contribution in [1.29, 1.82) is 0 Å². The lowest BCUT2D eigenvalue weighted by atomic mass is 9.72. The van der Waals surface area contributed by atoms with Crippen molar-refractivity contribution in [3.63, 3.8) is 0 Å². The van der Waals surface area contributed by atoms with Crippen LogP contribution >= 0.6 is 11.6 Å². The Balaban J connectivity index is 0.000000225. The van der Waals surface area contributed by atoms with Crippen molar-refractivity contribution < 1.29 is 29.3 Å². The van der Waals surface area contributed by atoms with Crippen molar-refractivity contribution in [1.82, 2.24) is 5.32 Å². The van der Waals surface area contributed by atoms with Crippen LogP contribution in [0, 0.1) is 11.3 Å². The molecule has 0 atom stereocenters. The van der Waals surface area contributed by atoms with E-state index < -0.39 is 17.5 Å². The molecule has 3 fully saturated rings. The molecule has 10 heteroatoms. The third-order valence-corrected chi connectivity index (χ3v) is 8.82. The van der Waals surface area contributed by atoms with Gasteiger partial charge in [0.05, 0.1) is 28.6 Å². The topological polar surface area (TPSA) is 151 Å². The normalized spacial score (nSPS) is 25.3. The molecular weight excluding hydrogens is 498 g/mol. The Morgan fingerprint density at radius 2 is 1.65 bits per heavy atom. The Morgan fingerprint density at radius 3 is 2.22 bits per heavy atom. The van der Waals surface area contributed by atoms with Gasteiger partial charge in [-0.25, -0.2) is 4.79 Å². The van der Waals surface area contributed by atoms with Crippen LogP contribution in [0.2, 0.25) is 5.02 Å². The lowest BCUT2D eigenvalue weighted by Gasteiger charge is -2.44. The summed E-state index contributed by atoms with van der Waals surface area (Å²) in [7, 11) is 0. The van der Waals surface area contributed by atoms with E-state index in [0.717, 1.165) is 63.4 Å². The fraction of sp³-hybridized carbons (Fsp3) is 0.667. The van der Waals surface area contributed by atoms with Crippen LogP contribution in [0.25, 0.3) is 0 Å².